The number of rotatable bonds is 7. The molecule has 0 aliphatic carbocycles. The molecular weight excluding hydrogens is 538 g/mol. The molecule has 0 saturated carbocycles. The summed E-state index contributed by atoms with van der Waals surface area (Å²) in [6.07, 6.45) is -5.95. The highest BCUT2D eigenvalue weighted by atomic mass is 19.4. The lowest BCUT2D eigenvalue weighted by Gasteiger charge is -2.34. The Morgan fingerprint density at radius 3 is 2.41 bits per heavy atom. The summed E-state index contributed by atoms with van der Waals surface area (Å²) in [7, 11) is 0. The van der Waals surface area contributed by atoms with E-state index < -0.39 is 40.8 Å². The van der Waals surface area contributed by atoms with Crippen LogP contribution in [0.3, 0.4) is 0 Å². The second-order valence-corrected chi connectivity index (χ2v) is 8.43. The van der Waals surface area contributed by atoms with E-state index in [4.69, 9.17) is 4.74 Å². The van der Waals surface area contributed by atoms with Crippen molar-refractivity contribution in [2.24, 2.45) is 0 Å². The number of hydrogen-bond donors (Lipinski definition) is 2. The van der Waals surface area contributed by atoms with Crippen molar-refractivity contribution in [1.82, 2.24) is 25.1 Å². The number of halogens is 6. The van der Waals surface area contributed by atoms with Gasteiger partial charge in [-0.05, 0) is 13.0 Å². The fraction of sp³-hybridized carbons (Fsp3) is 0.364. The molecule has 1 saturated heterocycles. The number of hydrogen-bond acceptors (Lipinski definition) is 9. The van der Waals surface area contributed by atoms with Crippen LogP contribution >= 0.6 is 0 Å². The number of H-pyrrole nitrogens is 1. The summed E-state index contributed by atoms with van der Waals surface area (Å²) in [6.45, 7) is 1.60. The number of nitrogens with one attached hydrogen (secondary N) is 2. The number of aromatic amines is 1. The van der Waals surface area contributed by atoms with E-state index in [9.17, 15) is 35.9 Å². The Bertz CT molecular complexity index is 1380. The van der Waals surface area contributed by atoms with Gasteiger partial charge in [-0.15, -0.1) is 0 Å². The van der Waals surface area contributed by atoms with Gasteiger partial charge in [0.05, 0.1) is 29.2 Å². The summed E-state index contributed by atoms with van der Waals surface area (Å²) in [5.74, 6) is -0.304. The minimum atomic E-state index is -4.90. The first-order valence-corrected chi connectivity index (χ1v) is 11.3. The maximum atomic E-state index is 13.2. The smallest absolute Gasteiger partial charge is 0.423 e. The molecule has 0 radical (unpaired) electrons. The highest BCUT2D eigenvalue weighted by Gasteiger charge is 2.37. The highest BCUT2D eigenvalue weighted by molar-refractivity contribution is 5.97. The monoisotopic (exact) mass is 558 g/mol. The Morgan fingerprint density at radius 1 is 1.05 bits per heavy atom. The molecular formula is C22H20F6N8O3. The van der Waals surface area contributed by atoms with Crippen LogP contribution in [-0.4, -0.2) is 63.3 Å². The Balaban J connectivity index is 1.37. The van der Waals surface area contributed by atoms with E-state index in [1.807, 2.05) is 0 Å². The van der Waals surface area contributed by atoms with Crippen molar-refractivity contribution in [3.8, 4) is 5.88 Å². The average Bonchev–Trinajstić information content (AvgIpc) is 2.86. The van der Waals surface area contributed by atoms with Gasteiger partial charge in [0.1, 0.15) is 18.7 Å². The van der Waals surface area contributed by atoms with Gasteiger partial charge in [0.15, 0.2) is 0 Å². The first-order valence-electron chi connectivity index (χ1n) is 11.3. The van der Waals surface area contributed by atoms with Crippen LogP contribution < -0.4 is 25.4 Å². The van der Waals surface area contributed by atoms with Crippen LogP contribution in [-0.2, 0) is 17.1 Å². The highest BCUT2D eigenvalue weighted by Crippen LogP contribution is 2.32. The molecule has 4 heterocycles. The van der Waals surface area contributed by atoms with Gasteiger partial charge in [-0.1, -0.05) is 0 Å². The summed E-state index contributed by atoms with van der Waals surface area (Å²) in [6, 6.07) is 2.31. The van der Waals surface area contributed by atoms with Gasteiger partial charge >= 0.3 is 12.4 Å². The minimum Gasteiger partial charge on any atom is -0.475 e. The number of ether oxygens (including phenoxy) is 1. The van der Waals surface area contributed by atoms with Crippen molar-refractivity contribution in [3.63, 3.8) is 0 Å². The SMILES string of the molecule is C[C@@H](COc1cc(N2CCN(c3ncc(C(F)(F)F)cn3)CC2=O)ccn1)Nc1cn[nH]c(=O)c1C(F)(F)F. The molecule has 4 rings (SSSR count). The van der Waals surface area contributed by atoms with Crippen LogP contribution in [0, 0.1) is 0 Å². The van der Waals surface area contributed by atoms with Gasteiger partial charge in [0.2, 0.25) is 17.7 Å². The van der Waals surface area contributed by atoms with E-state index in [1.54, 1.807) is 11.2 Å². The fourth-order valence-electron chi connectivity index (χ4n) is 3.70. The van der Waals surface area contributed by atoms with Crippen molar-refractivity contribution in [2.75, 3.05) is 41.4 Å². The van der Waals surface area contributed by atoms with Crippen LogP contribution in [0.2, 0.25) is 0 Å². The molecule has 0 aromatic carbocycles. The molecule has 17 heteroatoms. The van der Waals surface area contributed by atoms with Crippen molar-refractivity contribution in [2.45, 2.75) is 25.3 Å². The largest absolute Gasteiger partial charge is 0.475 e. The number of aromatic nitrogens is 5. The lowest BCUT2D eigenvalue weighted by Crippen LogP contribution is -2.51. The summed E-state index contributed by atoms with van der Waals surface area (Å²) in [5, 5.41) is 7.69. The summed E-state index contributed by atoms with van der Waals surface area (Å²) < 4.78 is 83.5. The fourth-order valence-corrected chi connectivity index (χ4v) is 3.70. The lowest BCUT2D eigenvalue weighted by atomic mass is 10.2. The summed E-state index contributed by atoms with van der Waals surface area (Å²) in [4.78, 5) is 38.7. The first kappa shape index (κ1) is 27.6. The maximum absolute atomic E-state index is 13.2. The van der Waals surface area contributed by atoms with Crippen LogP contribution in [0.4, 0.5) is 43.7 Å². The number of carbonyl (C=O) groups excluding carboxylic acids is 1. The molecule has 1 fully saturated rings. The van der Waals surface area contributed by atoms with Crippen LogP contribution in [0.15, 0.2) is 41.7 Å². The second kappa shape index (κ2) is 10.7. The molecule has 39 heavy (non-hydrogen) atoms. The molecule has 1 atom stereocenters. The molecule has 11 nitrogen and oxygen atoms in total. The van der Waals surface area contributed by atoms with Gasteiger partial charge in [-0.25, -0.2) is 20.1 Å². The molecule has 1 aliphatic heterocycles. The Kier molecular flexibility index (Phi) is 7.60. The number of anilines is 3. The summed E-state index contributed by atoms with van der Waals surface area (Å²) in [5.41, 5.74) is -3.88. The normalized spacial score (nSPS) is 15.3. The van der Waals surface area contributed by atoms with E-state index in [-0.39, 0.29) is 44.0 Å². The molecule has 1 aliphatic rings. The summed E-state index contributed by atoms with van der Waals surface area (Å²) >= 11 is 0. The molecule has 208 valence electrons. The molecule has 3 aromatic heterocycles. The van der Waals surface area contributed by atoms with Crippen molar-refractivity contribution in [3.05, 3.63) is 58.4 Å². The molecule has 1 amide bonds. The predicted molar refractivity (Wildman–Crippen MR) is 124 cm³/mol. The van der Waals surface area contributed by atoms with Gasteiger partial charge in [-0.2, -0.15) is 31.4 Å². The van der Waals surface area contributed by atoms with Gasteiger partial charge in [0, 0.05) is 37.7 Å². The third kappa shape index (κ3) is 6.53. The topological polar surface area (TPSA) is 129 Å². The number of pyridine rings is 1. The van der Waals surface area contributed by atoms with Crippen molar-refractivity contribution in [1.29, 1.82) is 0 Å². The number of carbonyl (C=O) groups is 1. The minimum absolute atomic E-state index is 0.0134. The zero-order valence-corrected chi connectivity index (χ0v) is 20.0. The Morgan fingerprint density at radius 2 is 1.77 bits per heavy atom. The standard InChI is InChI=1S/C22H20F6N8O3/c1-12(33-15-9-32-34-19(38)18(15)22(26,27)28)11-39-16-6-14(2-3-29-16)36-5-4-35(10-17(36)37)20-30-7-13(8-31-20)21(23,24)25/h2-3,6-9,12H,4-5,10-11H2,1H3,(H2,33,34,38)/t12-/m0/s1. The van der Waals surface area contributed by atoms with Crippen LogP contribution in [0.1, 0.15) is 18.1 Å². The zero-order chi connectivity index (χ0) is 28.4. The predicted octanol–water partition coefficient (Wildman–Crippen LogP) is 2.73. The second-order valence-electron chi connectivity index (χ2n) is 8.43. The first-order chi connectivity index (χ1) is 18.3. The number of amides is 1. The number of piperazine rings is 1. The van der Waals surface area contributed by atoms with E-state index in [0.717, 1.165) is 6.20 Å². The number of nitrogens with zero attached hydrogens (tertiary/aromatic N) is 6. The van der Waals surface area contributed by atoms with Gasteiger partial charge in [-0.3, -0.25) is 9.59 Å². The third-order valence-corrected chi connectivity index (χ3v) is 5.52. The van der Waals surface area contributed by atoms with E-state index in [1.165, 1.54) is 29.0 Å². The van der Waals surface area contributed by atoms with Crippen molar-refractivity contribution < 1.29 is 35.9 Å². The maximum Gasteiger partial charge on any atom is 0.423 e. The Labute approximate surface area is 215 Å². The average molecular weight is 558 g/mol. The molecule has 0 bridgehead atoms. The lowest BCUT2D eigenvalue weighted by molar-refractivity contribution is -0.139. The zero-order valence-electron chi connectivity index (χ0n) is 20.0. The molecule has 2 N–H and O–H groups in total. The van der Waals surface area contributed by atoms with Crippen LogP contribution in [0.5, 0.6) is 5.88 Å². The van der Waals surface area contributed by atoms with E-state index >= 15 is 0 Å². The molecule has 3 aromatic rings. The number of alkyl halides is 6. The van der Waals surface area contributed by atoms with Gasteiger partial charge < -0.3 is 19.9 Å². The molecule has 0 spiro atoms. The van der Waals surface area contributed by atoms with Crippen molar-refractivity contribution >= 4 is 23.2 Å². The Hall–Kier alpha value is -4.44. The van der Waals surface area contributed by atoms with E-state index in [0.29, 0.717) is 18.1 Å². The van der Waals surface area contributed by atoms with E-state index in [2.05, 4.69) is 25.4 Å². The third-order valence-electron chi connectivity index (χ3n) is 5.52. The molecule has 0 unspecified atom stereocenters. The van der Waals surface area contributed by atoms with Gasteiger partial charge in [0.25, 0.3) is 5.56 Å². The quantitative estimate of drug-likeness (QED) is 0.421. The van der Waals surface area contributed by atoms with Crippen LogP contribution in [0.25, 0.3) is 0 Å².